The number of piperidine rings is 1. The van der Waals surface area contributed by atoms with E-state index in [0.29, 0.717) is 19.8 Å². The van der Waals surface area contributed by atoms with E-state index in [-0.39, 0.29) is 17.6 Å². The topological polar surface area (TPSA) is 55.6 Å². The summed E-state index contributed by atoms with van der Waals surface area (Å²) >= 11 is 0. The van der Waals surface area contributed by atoms with Gasteiger partial charge in [0.25, 0.3) is 11.9 Å². The molecule has 6 nitrogen and oxygen atoms in total. The Labute approximate surface area is 154 Å². The van der Waals surface area contributed by atoms with Crippen LogP contribution in [0.2, 0.25) is 0 Å². The third kappa shape index (κ3) is 5.78. The van der Waals surface area contributed by atoms with Gasteiger partial charge in [-0.05, 0) is 19.1 Å². The Kier molecular flexibility index (Phi) is 8.00. The van der Waals surface area contributed by atoms with Crippen molar-refractivity contribution in [1.29, 1.82) is 0 Å². The van der Waals surface area contributed by atoms with Crippen LogP contribution in [0.25, 0.3) is 0 Å². The minimum absolute atomic E-state index is 0.0559. The van der Waals surface area contributed by atoms with E-state index in [2.05, 4.69) is 12.0 Å². The van der Waals surface area contributed by atoms with Crippen LogP contribution in [-0.2, 0) is 9.47 Å². The van der Waals surface area contributed by atoms with E-state index in [0.717, 1.165) is 25.9 Å². The Morgan fingerprint density at radius 2 is 2.00 bits per heavy atom. The monoisotopic (exact) mass is 366 g/mol. The molecule has 1 fully saturated rings. The van der Waals surface area contributed by atoms with Crippen LogP contribution >= 0.6 is 0 Å². The van der Waals surface area contributed by atoms with Gasteiger partial charge in [-0.1, -0.05) is 12.1 Å². The highest BCUT2D eigenvalue weighted by Crippen LogP contribution is 2.12. The molecule has 0 radical (unpaired) electrons. The van der Waals surface area contributed by atoms with Gasteiger partial charge >= 0.3 is 0 Å². The lowest BCUT2D eigenvalue weighted by molar-refractivity contribution is -0.885. The zero-order valence-corrected chi connectivity index (χ0v) is 15.8. The lowest BCUT2D eigenvalue weighted by atomic mass is 10.0. The van der Waals surface area contributed by atoms with E-state index in [1.165, 1.54) is 17.0 Å². The van der Waals surface area contributed by atoms with Crippen molar-refractivity contribution in [3.8, 4) is 0 Å². The fourth-order valence-corrected chi connectivity index (χ4v) is 2.97. The van der Waals surface area contributed by atoms with Crippen LogP contribution in [0.5, 0.6) is 0 Å². The quantitative estimate of drug-likeness (QED) is 0.463. The second kappa shape index (κ2) is 10.2. The molecule has 26 heavy (non-hydrogen) atoms. The molecule has 0 saturated carbocycles. The molecule has 1 heterocycles. The molecule has 7 heteroatoms. The number of halogens is 1. The van der Waals surface area contributed by atoms with Crippen LogP contribution in [0.15, 0.2) is 29.3 Å². The van der Waals surface area contributed by atoms with Crippen LogP contribution in [0, 0.1) is 5.82 Å². The average Bonchev–Trinajstić information content (AvgIpc) is 2.64. The third-order valence-electron chi connectivity index (χ3n) is 4.62. The number of likely N-dealkylation sites (tertiary alicyclic amines) is 1. The summed E-state index contributed by atoms with van der Waals surface area (Å²) in [4.78, 5) is 19.9. The van der Waals surface area contributed by atoms with Crippen molar-refractivity contribution in [2.75, 3.05) is 47.0 Å². The lowest BCUT2D eigenvalue weighted by Crippen LogP contribution is -3.10. The molecule has 0 aliphatic carbocycles. The Hall–Kier alpha value is -1.99. The molecule has 0 unspecified atom stereocenters. The molecule has 1 saturated heterocycles. The van der Waals surface area contributed by atoms with Crippen LogP contribution in [0.4, 0.5) is 4.39 Å². The number of hydrogen-bond acceptors (Lipinski definition) is 3. The molecule has 0 spiro atoms. The van der Waals surface area contributed by atoms with Gasteiger partial charge in [-0.15, -0.1) is 0 Å². The Morgan fingerprint density at radius 1 is 1.31 bits per heavy atom. The van der Waals surface area contributed by atoms with E-state index < -0.39 is 11.7 Å². The highest BCUT2D eigenvalue weighted by molar-refractivity contribution is 6.01. The minimum atomic E-state index is -0.639. The first-order valence-corrected chi connectivity index (χ1v) is 9.15. The molecule has 144 valence electrons. The number of rotatable bonds is 6. The second-order valence-electron chi connectivity index (χ2n) is 6.52. The van der Waals surface area contributed by atoms with Crippen molar-refractivity contribution in [1.82, 2.24) is 4.90 Å². The SMILES string of the molecule is CCOCCOC(=NC(=O)c1ccccc1F)N(C)C1CC[NH+](C)CC1. The first-order valence-electron chi connectivity index (χ1n) is 9.15. The molecule has 1 aromatic carbocycles. The summed E-state index contributed by atoms with van der Waals surface area (Å²) in [6.45, 7) is 5.32. The minimum Gasteiger partial charge on any atom is -0.462 e. The molecular formula is C19H29FN3O3+. The van der Waals surface area contributed by atoms with Gasteiger partial charge in [0.05, 0.1) is 32.3 Å². The number of carbonyl (C=O) groups excluding carboxylic acids is 1. The maximum absolute atomic E-state index is 13.9. The summed E-state index contributed by atoms with van der Waals surface area (Å²) in [6.07, 6.45) is 1.98. The smallest absolute Gasteiger partial charge is 0.295 e. The molecule has 1 aliphatic rings. The van der Waals surface area contributed by atoms with Crippen molar-refractivity contribution in [2.24, 2.45) is 4.99 Å². The van der Waals surface area contributed by atoms with Crippen molar-refractivity contribution in [2.45, 2.75) is 25.8 Å². The highest BCUT2D eigenvalue weighted by Gasteiger charge is 2.26. The van der Waals surface area contributed by atoms with Gasteiger partial charge in [-0.3, -0.25) is 4.79 Å². The number of quaternary nitrogens is 1. The summed E-state index contributed by atoms with van der Waals surface area (Å²) in [5.41, 5.74) is -0.0559. The van der Waals surface area contributed by atoms with Gasteiger partial charge in [-0.2, -0.15) is 4.99 Å². The van der Waals surface area contributed by atoms with Gasteiger partial charge in [0.2, 0.25) is 0 Å². The highest BCUT2D eigenvalue weighted by atomic mass is 19.1. The largest absolute Gasteiger partial charge is 0.462 e. The van der Waals surface area contributed by atoms with E-state index >= 15 is 0 Å². The number of amides is 1. The molecule has 0 atom stereocenters. The van der Waals surface area contributed by atoms with Crippen LogP contribution in [0.3, 0.4) is 0 Å². The molecule has 1 N–H and O–H groups in total. The molecule has 1 amide bonds. The zero-order valence-electron chi connectivity index (χ0n) is 15.8. The number of benzene rings is 1. The van der Waals surface area contributed by atoms with Crippen molar-refractivity contribution in [3.63, 3.8) is 0 Å². The summed E-state index contributed by atoms with van der Waals surface area (Å²) < 4.78 is 24.9. The number of hydrogen-bond donors (Lipinski definition) is 1. The molecule has 1 aromatic rings. The van der Waals surface area contributed by atoms with Gasteiger partial charge in [-0.25, -0.2) is 4.39 Å². The van der Waals surface area contributed by atoms with Gasteiger partial charge in [0.1, 0.15) is 12.4 Å². The number of carbonyl (C=O) groups is 1. The second-order valence-corrected chi connectivity index (χ2v) is 6.52. The summed E-state index contributed by atoms with van der Waals surface area (Å²) in [7, 11) is 4.05. The fraction of sp³-hybridized carbons (Fsp3) is 0.579. The first kappa shape index (κ1) is 20.3. The van der Waals surface area contributed by atoms with E-state index in [1.807, 2.05) is 18.9 Å². The molecule has 0 aromatic heterocycles. The zero-order chi connectivity index (χ0) is 18.9. The molecule has 0 bridgehead atoms. The van der Waals surface area contributed by atoms with Gasteiger partial charge in [0.15, 0.2) is 0 Å². The first-order chi connectivity index (χ1) is 12.5. The van der Waals surface area contributed by atoms with Gasteiger partial charge < -0.3 is 19.3 Å². The number of nitrogens with zero attached hydrogens (tertiary/aromatic N) is 2. The number of nitrogens with one attached hydrogen (secondary N) is 1. The number of aliphatic imine (C=N–C) groups is 1. The van der Waals surface area contributed by atoms with E-state index in [9.17, 15) is 9.18 Å². The van der Waals surface area contributed by atoms with Crippen molar-refractivity contribution < 1.29 is 23.6 Å². The van der Waals surface area contributed by atoms with Crippen molar-refractivity contribution in [3.05, 3.63) is 35.6 Å². The maximum Gasteiger partial charge on any atom is 0.295 e. The van der Waals surface area contributed by atoms with Crippen LogP contribution < -0.4 is 4.90 Å². The Morgan fingerprint density at radius 3 is 2.65 bits per heavy atom. The molecular weight excluding hydrogens is 337 g/mol. The molecule has 1 aliphatic heterocycles. The summed E-state index contributed by atoms with van der Waals surface area (Å²) in [5.74, 6) is -1.22. The lowest BCUT2D eigenvalue weighted by Gasteiger charge is -2.34. The van der Waals surface area contributed by atoms with Crippen LogP contribution in [0.1, 0.15) is 30.1 Å². The van der Waals surface area contributed by atoms with Crippen molar-refractivity contribution >= 4 is 11.9 Å². The normalized spacial score (nSPS) is 20.7. The Balaban J connectivity index is 2.13. The van der Waals surface area contributed by atoms with E-state index in [1.54, 1.807) is 12.1 Å². The summed E-state index contributed by atoms with van der Waals surface area (Å²) in [6, 6.07) is 6.31. The predicted octanol–water partition coefficient (Wildman–Crippen LogP) is 0.984. The number of ether oxygens (including phenoxy) is 2. The van der Waals surface area contributed by atoms with Gasteiger partial charge in [0, 0.05) is 32.5 Å². The Bertz CT molecular complexity index is 616. The van der Waals surface area contributed by atoms with E-state index in [4.69, 9.17) is 9.47 Å². The predicted molar refractivity (Wildman–Crippen MR) is 98.0 cm³/mol. The number of amidine groups is 1. The summed E-state index contributed by atoms with van der Waals surface area (Å²) in [5, 5.41) is 0. The third-order valence-corrected chi connectivity index (χ3v) is 4.62. The fourth-order valence-electron chi connectivity index (χ4n) is 2.97. The maximum atomic E-state index is 13.9. The standard InChI is InChI=1S/C19H28FN3O3/c1-4-25-13-14-26-19(23(3)15-9-11-22(2)12-10-15)21-18(24)16-7-5-6-8-17(16)20/h5-8,15H,4,9-14H2,1-3H3/p+1. The average molecular weight is 366 g/mol. The van der Waals surface area contributed by atoms with Crippen LogP contribution in [-0.4, -0.2) is 69.9 Å². The molecule has 2 rings (SSSR count).